The molecule has 1 aromatic heterocycles. The van der Waals surface area contributed by atoms with Gasteiger partial charge in [0.25, 0.3) is 0 Å². The van der Waals surface area contributed by atoms with Crippen molar-refractivity contribution < 1.29 is 9.53 Å². The average molecular weight is 336 g/mol. The maximum Gasteiger partial charge on any atom is 0.225 e. The van der Waals surface area contributed by atoms with E-state index in [1.165, 1.54) is 27.9 Å². The van der Waals surface area contributed by atoms with Crippen molar-refractivity contribution in [3.63, 3.8) is 0 Å². The number of hydrogen-bond donors (Lipinski definition) is 0. The van der Waals surface area contributed by atoms with Crippen LogP contribution in [-0.4, -0.2) is 35.1 Å². The molecule has 25 heavy (non-hydrogen) atoms. The summed E-state index contributed by atoms with van der Waals surface area (Å²) in [6.45, 7) is 5.24. The van der Waals surface area contributed by atoms with Gasteiger partial charge in [0.15, 0.2) is 0 Å². The van der Waals surface area contributed by atoms with Crippen LogP contribution in [0.3, 0.4) is 0 Å². The van der Waals surface area contributed by atoms with Crippen LogP contribution < -0.4 is 0 Å². The minimum absolute atomic E-state index is 0.0566. The van der Waals surface area contributed by atoms with Gasteiger partial charge in [-0.1, -0.05) is 31.2 Å². The second-order valence-electron chi connectivity index (χ2n) is 7.64. The third kappa shape index (κ3) is 1.68. The van der Waals surface area contributed by atoms with Gasteiger partial charge in [-0.25, -0.2) is 0 Å². The molecule has 3 atom stereocenters. The molecule has 1 aromatic carbocycles. The summed E-state index contributed by atoms with van der Waals surface area (Å²) in [5.41, 5.74) is 5.14. The largest absolute Gasteiger partial charge is 0.380 e. The highest BCUT2D eigenvalue weighted by Crippen LogP contribution is 2.57. The van der Waals surface area contributed by atoms with Gasteiger partial charge in [-0.05, 0) is 31.4 Å². The highest BCUT2D eigenvalue weighted by Gasteiger charge is 2.57. The van der Waals surface area contributed by atoms with Crippen LogP contribution >= 0.6 is 0 Å². The number of benzene rings is 1. The summed E-state index contributed by atoms with van der Waals surface area (Å²) in [5.74, 6) is 0.233. The number of nitrogens with zero attached hydrogens (tertiary/aromatic N) is 2. The number of fused-ring (bicyclic) bond motifs is 3. The number of carbonyl (C=O) groups is 1. The van der Waals surface area contributed by atoms with E-state index in [2.05, 4.69) is 53.7 Å². The minimum Gasteiger partial charge on any atom is -0.380 e. The summed E-state index contributed by atoms with van der Waals surface area (Å²) in [6, 6.07) is 8.74. The van der Waals surface area contributed by atoms with E-state index < -0.39 is 0 Å². The fourth-order valence-corrected chi connectivity index (χ4v) is 5.67. The smallest absolute Gasteiger partial charge is 0.225 e. The minimum atomic E-state index is -0.133. The van der Waals surface area contributed by atoms with Crippen LogP contribution in [0.4, 0.5) is 0 Å². The van der Waals surface area contributed by atoms with E-state index in [1.54, 1.807) is 7.11 Å². The number of aromatic nitrogens is 1. The molecule has 0 N–H and O–H groups in total. The van der Waals surface area contributed by atoms with Crippen molar-refractivity contribution in [2.75, 3.05) is 13.7 Å². The summed E-state index contributed by atoms with van der Waals surface area (Å²) in [6.07, 6.45) is 4.73. The molecule has 1 saturated heterocycles. The summed E-state index contributed by atoms with van der Waals surface area (Å²) in [4.78, 5) is 15.0. The van der Waals surface area contributed by atoms with Gasteiger partial charge in [0, 0.05) is 30.2 Å². The van der Waals surface area contributed by atoms with Crippen molar-refractivity contribution in [3.05, 3.63) is 41.6 Å². The molecular weight excluding hydrogens is 312 g/mol. The normalized spacial score (nSPS) is 30.4. The molecule has 1 fully saturated rings. The lowest BCUT2D eigenvalue weighted by atomic mass is 9.64. The Morgan fingerprint density at radius 3 is 2.88 bits per heavy atom. The molecule has 4 heteroatoms. The summed E-state index contributed by atoms with van der Waals surface area (Å²) >= 11 is 0. The first-order valence-electron chi connectivity index (χ1n) is 9.26. The molecule has 0 radical (unpaired) electrons. The van der Waals surface area contributed by atoms with Gasteiger partial charge >= 0.3 is 0 Å². The van der Waals surface area contributed by atoms with Crippen molar-refractivity contribution in [1.82, 2.24) is 9.47 Å². The number of rotatable bonds is 2. The first-order valence-corrected chi connectivity index (χ1v) is 9.26. The number of piperidine rings is 1. The summed E-state index contributed by atoms with van der Waals surface area (Å²) in [7, 11) is 1.75. The number of ether oxygens (including phenoxy) is 1. The van der Waals surface area contributed by atoms with Crippen LogP contribution in [0.2, 0.25) is 0 Å². The molecule has 3 aliphatic heterocycles. The molecule has 130 valence electrons. The van der Waals surface area contributed by atoms with E-state index in [4.69, 9.17) is 4.74 Å². The van der Waals surface area contributed by atoms with E-state index in [0.29, 0.717) is 6.42 Å². The molecule has 5 rings (SSSR count). The Morgan fingerprint density at radius 1 is 1.32 bits per heavy atom. The molecule has 0 unspecified atom stereocenters. The Kier molecular flexibility index (Phi) is 3.03. The van der Waals surface area contributed by atoms with E-state index in [1.807, 2.05) is 0 Å². The van der Waals surface area contributed by atoms with Gasteiger partial charge in [-0.15, -0.1) is 0 Å². The third-order valence-electron chi connectivity index (χ3n) is 6.71. The van der Waals surface area contributed by atoms with Gasteiger partial charge < -0.3 is 14.2 Å². The van der Waals surface area contributed by atoms with Crippen LogP contribution in [-0.2, 0) is 16.0 Å². The lowest BCUT2D eigenvalue weighted by molar-refractivity contribution is -0.157. The predicted molar refractivity (Wildman–Crippen MR) is 98.2 cm³/mol. The van der Waals surface area contributed by atoms with E-state index in [9.17, 15) is 4.79 Å². The quantitative estimate of drug-likeness (QED) is 0.837. The Morgan fingerprint density at radius 2 is 2.12 bits per heavy atom. The standard InChI is InChI=1S/C21H24N2O2/c1-4-21-12-13(2)23-16-8-6-5-7-14(16)15-9-10-22(20(21)19(15)23)18(24)11-17(21)25-3/h5-8,12,17,20H,4,9-11H2,1-3H3/t17-,20+,21+/m0/s1. The van der Waals surface area contributed by atoms with Crippen molar-refractivity contribution in [2.45, 2.75) is 45.3 Å². The lowest BCUT2D eigenvalue weighted by Crippen LogP contribution is -2.59. The topological polar surface area (TPSA) is 34.5 Å². The molecule has 2 aromatic rings. The van der Waals surface area contributed by atoms with Crippen molar-refractivity contribution in [1.29, 1.82) is 0 Å². The van der Waals surface area contributed by atoms with Gasteiger partial charge in [0.05, 0.1) is 29.8 Å². The Balaban J connectivity index is 1.88. The molecule has 4 nitrogen and oxygen atoms in total. The van der Waals surface area contributed by atoms with E-state index in [-0.39, 0.29) is 23.5 Å². The van der Waals surface area contributed by atoms with Crippen LogP contribution in [0, 0.1) is 5.41 Å². The fourth-order valence-electron chi connectivity index (χ4n) is 5.67. The summed E-state index contributed by atoms with van der Waals surface area (Å²) < 4.78 is 8.26. The maximum atomic E-state index is 12.9. The number of allylic oxidation sites excluding steroid dienone is 1. The van der Waals surface area contributed by atoms with Crippen molar-refractivity contribution >= 4 is 22.5 Å². The second kappa shape index (κ2) is 4.98. The number of methoxy groups -OCH3 is 1. The zero-order chi connectivity index (χ0) is 17.3. The highest BCUT2D eigenvalue weighted by atomic mass is 16.5. The molecular formula is C21H24N2O2. The summed E-state index contributed by atoms with van der Waals surface area (Å²) in [5, 5.41) is 1.34. The molecule has 4 heterocycles. The SMILES string of the molecule is CC[C@@]12C=C(C)n3c4c(c5ccccc53)CCN(C(=O)C[C@@H]1OC)[C@H]42. The molecule has 0 bridgehead atoms. The fraction of sp³-hybridized carbons (Fsp3) is 0.476. The zero-order valence-electron chi connectivity index (χ0n) is 15.1. The zero-order valence-corrected chi connectivity index (χ0v) is 15.1. The molecule has 0 spiro atoms. The van der Waals surface area contributed by atoms with Crippen LogP contribution in [0.5, 0.6) is 0 Å². The van der Waals surface area contributed by atoms with E-state index >= 15 is 0 Å². The first kappa shape index (κ1) is 15.2. The van der Waals surface area contributed by atoms with Gasteiger partial charge in [-0.2, -0.15) is 0 Å². The van der Waals surface area contributed by atoms with Crippen LogP contribution in [0.25, 0.3) is 16.6 Å². The highest BCUT2D eigenvalue weighted by molar-refractivity contribution is 5.91. The Bertz CT molecular complexity index is 925. The predicted octanol–water partition coefficient (Wildman–Crippen LogP) is 3.76. The molecule has 3 aliphatic rings. The molecule has 0 saturated carbocycles. The number of carbonyl (C=O) groups excluding carboxylic acids is 1. The van der Waals surface area contributed by atoms with Crippen molar-refractivity contribution in [3.8, 4) is 0 Å². The van der Waals surface area contributed by atoms with Crippen molar-refractivity contribution in [2.24, 2.45) is 5.41 Å². The molecule has 0 aliphatic carbocycles. The maximum absolute atomic E-state index is 12.9. The van der Waals surface area contributed by atoms with Gasteiger partial charge in [0.2, 0.25) is 5.91 Å². The average Bonchev–Trinajstić information content (AvgIpc) is 2.98. The monoisotopic (exact) mass is 336 g/mol. The molecule has 1 amide bonds. The Labute approximate surface area is 148 Å². The third-order valence-corrected chi connectivity index (χ3v) is 6.71. The Hall–Kier alpha value is -2.07. The van der Waals surface area contributed by atoms with E-state index in [0.717, 1.165) is 19.4 Å². The van der Waals surface area contributed by atoms with Gasteiger partial charge in [-0.3, -0.25) is 4.79 Å². The number of para-hydroxylation sites is 1. The number of amides is 1. The van der Waals surface area contributed by atoms with Crippen LogP contribution in [0.15, 0.2) is 30.3 Å². The lowest BCUT2D eigenvalue weighted by Gasteiger charge is -2.56. The number of hydrogen-bond acceptors (Lipinski definition) is 2. The van der Waals surface area contributed by atoms with Gasteiger partial charge in [0.1, 0.15) is 0 Å². The van der Waals surface area contributed by atoms with Crippen LogP contribution in [0.1, 0.15) is 44.0 Å². The second-order valence-corrected chi connectivity index (χ2v) is 7.64. The first-order chi connectivity index (χ1) is 12.1.